The number of aromatic nitrogens is 2. The van der Waals surface area contributed by atoms with E-state index in [1.54, 1.807) is 12.0 Å². The van der Waals surface area contributed by atoms with Gasteiger partial charge in [0.1, 0.15) is 35.5 Å². The van der Waals surface area contributed by atoms with Crippen LogP contribution < -0.4 is 10.2 Å². The van der Waals surface area contributed by atoms with Crippen LogP contribution in [0.4, 0.5) is 24.7 Å². The van der Waals surface area contributed by atoms with Crippen molar-refractivity contribution in [2.24, 2.45) is 5.92 Å². The van der Waals surface area contributed by atoms with Gasteiger partial charge in [-0.3, -0.25) is 4.79 Å². The van der Waals surface area contributed by atoms with Crippen molar-refractivity contribution < 1.29 is 22.7 Å². The smallest absolute Gasteiger partial charge is 0.227 e. The number of carbonyl (C=O) groups is 1. The van der Waals surface area contributed by atoms with Crippen molar-refractivity contribution in [2.45, 2.75) is 44.4 Å². The van der Waals surface area contributed by atoms with Crippen molar-refractivity contribution in [1.29, 1.82) is 0 Å². The van der Waals surface area contributed by atoms with Crippen LogP contribution in [0.1, 0.15) is 32.1 Å². The summed E-state index contributed by atoms with van der Waals surface area (Å²) in [6, 6.07) is 3.06. The fraction of sp³-hybridized carbons (Fsp3) is 0.500. The number of hydrogen-bond acceptors (Lipinski definition) is 5. The third kappa shape index (κ3) is 4.66. The predicted molar refractivity (Wildman–Crippen MR) is 110 cm³/mol. The molecule has 2 heterocycles. The van der Waals surface area contributed by atoms with Gasteiger partial charge in [-0.05, 0) is 50.3 Å². The zero-order valence-corrected chi connectivity index (χ0v) is 17.3. The molecule has 6 nitrogen and oxygen atoms in total. The van der Waals surface area contributed by atoms with Crippen LogP contribution in [0.15, 0.2) is 24.5 Å². The van der Waals surface area contributed by atoms with Gasteiger partial charge in [0.05, 0.1) is 12.6 Å². The SMILES string of the molecule is COC1CCC(C(=O)Nc2c(-c3cc(F)ccc3F)ncnc2N2CCC(F)C2)CC1. The van der Waals surface area contributed by atoms with Gasteiger partial charge in [-0.15, -0.1) is 0 Å². The van der Waals surface area contributed by atoms with E-state index >= 15 is 0 Å². The number of amides is 1. The number of ether oxygens (including phenoxy) is 1. The minimum Gasteiger partial charge on any atom is -0.381 e. The quantitative estimate of drug-likeness (QED) is 0.767. The zero-order chi connectivity index (χ0) is 22.0. The Labute approximate surface area is 178 Å². The highest BCUT2D eigenvalue weighted by Crippen LogP contribution is 2.37. The normalized spacial score (nSPS) is 23.7. The van der Waals surface area contributed by atoms with Crippen LogP contribution in [0, 0.1) is 17.6 Å². The number of hydrogen-bond donors (Lipinski definition) is 1. The molecule has 4 rings (SSSR count). The molecule has 1 aliphatic carbocycles. The molecule has 1 amide bonds. The number of rotatable bonds is 5. The first-order valence-electron chi connectivity index (χ1n) is 10.5. The summed E-state index contributed by atoms with van der Waals surface area (Å²) in [7, 11) is 1.66. The molecular weight excluding hydrogens is 409 g/mol. The van der Waals surface area contributed by atoms with E-state index in [0.717, 1.165) is 31.0 Å². The van der Waals surface area contributed by atoms with E-state index in [1.807, 2.05) is 0 Å². The van der Waals surface area contributed by atoms with E-state index in [1.165, 1.54) is 6.33 Å². The molecule has 1 saturated heterocycles. The van der Waals surface area contributed by atoms with Crippen LogP contribution in [0.2, 0.25) is 0 Å². The second-order valence-electron chi connectivity index (χ2n) is 8.08. The van der Waals surface area contributed by atoms with Crippen molar-refractivity contribution in [3.63, 3.8) is 0 Å². The highest BCUT2D eigenvalue weighted by molar-refractivity contribution is 5.99. The highest BCUT2D eigenvalue weighted by atomic mass is 19.1. The van der Waals surface area contributed by atoms with Crippen LogP contribution in [-0.2, 0) is 9.53 Å². The summed E-state index contributed by atoms with van der Waals surface area (Å²) in [5.74, 6) is -1.46. The summed E-state index contributed by atoms with van der Waals surface area (Å²) < 4.78 is 47.7. The number of nitrogens with zero attached hydrogens (tertiary/aromatic N) is 3. The van der Waals surface area contributed by atoms with Crippen molar-refractivity contribution in [1.82, 2.24) is 9.97 Å². The van der Waals surface area contributed by atoms with Crippen LogP contribution in [0.5, 0.6) is 0 Å². The molecule has 2 aromatic rings. The Kier molecular flexibility index (Phi) is 6.41. The van der Waals surface area contributed by atoms with Gasteiger partial charge in [-0.1, -0.05) is 0 Å². The van der Waals surface area contributed by atoms with E-state index in [2.05, 4.69) is 15.3 Å². The van der Waals surface area contributed by atoms with Crippen LogP contribution in [0.3, 0.4) is 0 Å². The van der Waals surface area contributed by atoms with Crippen molar-refractivity contribution in [3.8, 4) is 11.3 Å². The molecule has 1 saturated carbocycles. The minimum absolute atomic E-state index is 0.0724. The number of carbonyl (C=O) groups excluding carboxylic acids is 1. The number of alkyl halides is 1. The Morgan fingerprint density at radius 3 is 2.61 bits per heavy atom. The van der Waals surface area contributed by atoms with E-state index < -0.39 is 17.8 Å². The molecule has 166 valence electrons. The summed E-state index contributed by atoms with van der Waals surface area (Å²) >= 11 is 0. The standard InChI is InChI=1S/C22H25F3N4O2/c1-31-16-5-2-13(3-6-16)22(30)28-20-19(17-10-14(23)4-7-18(17)25)26-12-27-21(20)29-9-8-15(24)11-29/h4,7,10,12-13,15-16H,2-3,5-6,8-9,11H2,1H3,(H,28,30). The number of methoxy groups -OCH3 is 1. The van der Waals surface area contributed by atoms with Gasteiger partial charge < -0.3 is 15.0 Å². The minimum atomic E-state index is -1.02. The van der Waals surface area contributed by atoms with E-state index in [-0.39, 0.29) is 41.4 Å². The van der Waals surface area contributed by atoms with Gasteiger partial charge in [-0.2, -0.15) is 0 Å². The van der Waals surface area contributed by atoms with E-state index in [0.29, 0.717) is 31.6 Å². The summed E-state index contributed by atoms with van der Waals surface area (Å²) in [6.07, 6.45) is 3.55. The summed E-state index contributed by atoms with van der Waals surface area (Å²) in [5.41, 5.74) is 0.168. The number of halogens is 3. The van der Waals surface area contributed by atoms with Gasteiger partial charge in [0.15, 0.2) is 5.82 Å². The molecule has 1 aliphatic heterocycles. The van der Waals surface area contributed by atoms with E-state index in [9.17, 15) is 18.0 Å². The van der Waals surface area contributed by atoms with Gasteiger partial charge in [0.2, 0.25) is 5.91 Å². The van der Waals surface area contributed by atoms with Gasteiger partial charge in [0, 0.05) is 25.1 Å². The third-order valence-corrected chi connectivity index (χ3v) is 6.07. The lowest BCUT2D eigenvalue weighted by Gasteiger charge is -2.28. The van der Waals surface area contributed by atoms with Gasteiger partial charge in [0.25, 0.3) is 0 Å². The average Bonchev–Trinajstić information content (AvgIpc) is 3.21. The molecule has 1 aromatic heterocycles. The topological polar surface area (TPSA) is 67.3 Å². The molecule has 2 aliphatic rings. The Bertz CT molecular complexity index is 950. The monoisotopic (exact) mass is 434 g/mol. The van der Waals surface area contributed by atoms with Crippen LogP contribution in [0.25, 0.3) is 11.3 Å². The maximum absolute atomic E-state index is 14.6. The lowest BCUT2D eigenvalue weighted by molar-refractivity contribution is -0.121. The fourth-order valence-corrected chi connectivity index (χ4v) is 4.31. The molecule has 0 bridgehead atoms. The Hall–Kier alpha value is -2.68. The molecular formula is C22H25F3N4O2. The van der Waals surface area contributed by atoms with Crippen molar-refractivity contribution in [2.75, 3.05) is 30.4 Å². The molecule has 0 spiro atoms. The second-order valence-corrected chi connectivity index (χ2v) is 8.08. The third-order valence-electron chi connectivity index (χ3n) is 6.07. The largest absolute Gasteiger partial charge is 0.381 e. The van der Waals surface area contributed by atoms with Gasteiger partial charge >= 0.3 is 0 Å². The molecule has 0 radical (unpaired) electrons. The van der Waals surface area contributed by atoms with Crippen LogP contribution in [-0.4, -0.2) is 48.4 Å². The molecule has 1 unspecified atom stereocenters. The number of benzene rings is 1. The fourth-order valence-electron chi connectivity index (χ4n) is 4.31. The second kappa shape index (κ2) is 9.21. The molecule has 31 heavy (non-hydrogen) atoms. The number of anilines is 2. The Balaban J connectivity index is 1.69. The Morgan fingerprint density at radius 1 is 1.16 bits per heavy atom. The molecule has 1 aromatic carbocycles. The maximum Gasteiger partial charge on any atom is 0.227 e. The lowest BCUT2D eigenvalue weighted by atomic mass is 9.86. The zero-order valence-electron chi connectivity index (χ0n) is 17.3. The average molecular weight is 434 g/mol. The summed E-state index contributed by atoms with van der Waals surface area (Å²) in [5, 5.41) is 2.86. The highest BCUT2D eigenvalue weighted by Gasteiger charge is 2.31. The van der Waals surface area contributed by atoms with Crippen molar-refractivity contribution >= 4 is 17.4 Å². The van der Waals surface area contributed by atoms with Crippen molar-refractivity contribution in [3.05, 3.63) is 36.2 Å². The lowest BCUT2D eigenvalue weighted by Crippen LogP contribution is -2.31. The van der Waals surface area contributed by atoms with E-state index in [4.69, 9.17) is 4.74 Å². The summed E-state index contributed by atoms with van der Waals surface area (Å²) in [4.78, 5) is 23.2. The Morgan fingerprint density at radius 2 is 1.94 bits per heavy atom. The number of nitrogens with one attached hydrogen (secondary N) is 1. The van der Waals surface area contributed by atoms with Crippen LogP contribution >= 0.6 is 0 Å². The molecule has 2 fully saturated rings. The predicted octanol–water partition coefficient (Wildman–Crippen LogP) is 4.11. The maximum atomic E-state index is 14.6. The summed E-state index contributed by atoms with van der Waals surface area (Å²) in [6.45, 7) is 0.523. The van der Waals surface area contributed by atoms with Gasteiger partial charge in [-0.25, -0.2) is 23.1 Å². The first kappa shape index (κ1) is 21.5. The first-order chi connectivity index (χ1) is 15.0. The molecule has 1 atom stereocenters. The molecule has 1 N–H and O–H groups in total. The molecule has 9 heteroatoms. The first-order valence-corrected chi connectivity index (χ1v) is 10.5.